The van der Waals surface area contributed by atoms with Crippen molar-refractivity contribution < 1.29 is 27.2 Å². The molecule has 3 nitrogen and oxygen atoms in total. The highest BCUT2D eigenvalue weighted by atomic mass is 19.1. The van der Waals surface area contributed by atoms with Crippen molar-refractivity contribution in [3.63, 3.8) is 0 Å². The van der Waals surface area contributed by atoms with Gasteiger partial charge in [-0.25, -0.2) is 22.5 Å². The van der Waals surface area contributed by atoms with Gasteiger partial charge in [-0.15, -0.1) is 0 Å². The van der Waals surface area contributed by atoms with Gasteiger partial charge in [0.15, 0.2) is 0 Å². The van der Waals surface area contributed by atoms with Crippen molar-refractivity contribution in [1.82, 2.24) is 0 Å². The van der Waals surface area contributed by atoms with Gasteiger partial charge in [0.05, 0.1) is 11.8 Å². The fourth-order valence-corrected chi connectivity index (χ4v) is 5.75. The minimum Gasteiger partial charge on any atom is -0.274 e. The van der Waals surface area contributed by atoms with Crippen molar-refractivity contribution >= 4 is 23.1 Å². The van der Waals surface area contributed by atoms with Gasteiger partial charge < -0.3 is 0 Å². The van der Waals surface area contributed by atoms with Crippen LogP contribution in [-0.2, 0) is 9.59 Å². The number of rotatable bonds is 3. The lowest BCUT2D eigenvalue weighted by molar-refractivity contribution is -0.123. The molecule has 7 heteroatoms. The van der Waals surface area contributed by atoms with Gasteiger partial charge in [0.25, 0.3) is 0 Å². The van der Waals surface area contributed by atoms with Crippen LogP contribution in [0, 0.1) is 46.9 Å². The molecule has 0 aromatic heterocycles. The largest absolute Gasteiger partial charge is 0.274 e. The fraction of sp³-hybridized carbons (Fsp3) is 0.143. The molecule has 2 bridgehead atoms. The number of hydrogen-bond donors (Lipinski definition) is 0. The minimum absolute atomic E-state index is 0.422. The minimum atomic E-state index is -0.985. The van der Waals surface area contributed by atoms with Gasteiger partial charge in [-0.2, -0.15) is 0 Å². The number of benzene rings is 3. The van der Waals surface area contributed by atoms with Crippen LogP contribution in [0.4, 0.5) is 23.2 Å². The molecule has 4 atom stereocenters. The monoisotopic (exact) mass is 475 g/mol. The second-order valence-corrected chi connectivity index (χ2v) is 8.91. The lowest BCUT2D eigenvalue weighted by Gasteiger charge is -2.22. The van der Waals surface area contributed by atoms with Gasteiger partial charge >= 0.3 is 0 Å². The van der Waals surface area contributed by atoms with Crippen molar-refractivity contribution in [2.45, 2.75) is 0 Å². The van der Waals surface area contributed by atoms with E-state index in [1.165, 1.54) is 30.3 Å². The maximum atomic E-state index is 14.5. The first-order valence-electron chi connectivity index (χ1n) is 11.1. The van der Waals surface area contributed by atoms with Crippen LogP contribution in [0.25, 0.3) is 5.57 Å². The summed E-state index contributed by atoms with van der Waals surface area (Å²) in [6, 6.07) is 14.8. The summed E-state index contributed by atoms with van der Waals surface area (Å²) in [5.74, 6) is -6.75. The van der Waals surface area contributed by atoms with Crippen LogP contribution in [0.3, 0.4) is 0 Å². The van der Waals surface area contributed by atoms with E-state index in [1.807, 2.05) is 12.2 Å². The van der Waals surface area contributed by atoms with Crippen molar-refractivity contribution in [1.29, 1.82) is 0 Å². The number of hydrogen-bond acceptors (Lipinski definition) is 2. The van der Waals surface area contributed by atoms with Gasteiger partial charge in [-0.05, 0) is 58.7 Å². The number of anilines is 1. The smallest absolute Gasteiger partial charge is 0.238 e. The van der Waals surface area contributed by atoms with E-state index in [2.05, 4.69) is 0 Å². The van der Waals surface area contributed by atoms with E-state index >= 15 is 0 Å². The number of allylic oxidation sites excluding steroid dienone is 3. The normalized spacial score (nSPS) is 24.5. The molecule has 6 rings (SSSR count). The number of carbonyl (C=O) groups is 2. The standard InChI is InChI=1S/C28H17F4NO2/c29-16-8-4-14(5-9-16)22(15-6-10-17(30)11-7-15)23-18-12-13-19(23)25-24(18)27(34)33(28(25)35)26-20(31)2-1-3-21(26)32/h1-13,18-19,24-25H/t18-,19-,24-,25-/m0/s1. The predicted octanol–water partition coefficient (Wildman–Crippen LogP) is 5.67. The average molecular weight is 475 g/mol. The zero-order chi connectivity index (χ0) is 24.4. The fourth-order valence-electron chi connectivity index (χ4n) is 5.75. The topological polar surface area (TPSA) is 37.4 Å². The summed E-state index contributed by atoms with van der Waals surface area (Å²) in [6.07, 6.45) is 3.67. The van der Waals surface area contributed by atoms with E-state index < -0.39 is 64.4 Å². The van der Waals surface area contributed by atoms with Crippen molar-refractivity contribution in [3.8, 4) is 0 Å². The first-order valence-corrected chi connectivity index (χ1v) is 11.1. The molecule has 0 N–H and O–H groups in total. The molecule has 0 radical (unpaired) electrons. The quantitative estimate of drug-likeness (QED) is 0.278. The first-order chi connectivity index (χ1) is 16.9. The summed E-state index contributed by atoms with van der Waals surface area (Å²) in [5.41, 5.74) is 2.13. The van der Waals surface area contributed by atoms with Crippen LogP contribution >= 0.6 is 0 Å². The zero-order valence-corrected chi connectivity index (χ0v) is 18.1. The Morgan fingerprint density at radius 1 is 0.629 bits per heavy atom. The number of imide groups is 1. The van der Waals surface area contributed by atoms with E-state index in [-0.39, 0.29) is 0 Å². The SMILES string of the molecule is O=C1[C@@H]2[C@@H](C(=O)N1c1c(F)cccc1F)[C@H]1C=C[C@H]2C1=C(c1ccc(F)cc1)c1ccc(F)cc1. The van der Waals surface area contributed by atoms with Crippen LogP contribution in [0.15, 0.2) is 84.5 Å². The molecule has 2 fully saturated rings. The van der Waals surface area contributed by atoms with Crippen molar-refractivity contribution in [2.24, 2.45) is 23.7 Å². The van der Waals surface area contributed by atoms with E-state index in [1.54, 1.807) is 24.3 Å². The predicted molar refractivity (Wildman–Crippen MR) is 121 cm³/mol. The van der Waals surface area contributed by atoms with E-state index in [4.69, 9.17) is 0 Å². The Morgan fingerprint density at radius 3 is 1.49 bits per heavy atom. The lowest BCUT2D eigenvalue weighted by Crippen LogP contribution is -2.34. The highest BCUT2D eigenvalue weighted by molar-refractivity contribution is 6.23. The van der Waals surface area contributed by atoms with Crippen LogP contribution in [0.2, 0.25) is 0 Å². The molecule has 3 aromatic rings. The van der Waals surface area contributed by atoms with Crippen LogP contribution in [-0.4, -0.2) is 11.8 Å². The molecule has 174 valence electrons. The van der Waals surface area contributed by atoms with Crippen molar-refractivity contribution in [3.05, 3.63) is 119 Å². The summed E-state index contributed by atoms with van der Waals surface area (Å²) in [4.78, 5) is 27.5. The summed E-state index contributed by atoms with van der Waals surface area (Å²) < 4.78 is 56.3. The van der Waals surface area contributed by atoms with Crippen LogP contribution < -0.4 is 4.90 Å². The van der Waals surface area contributed by atoms with Gasteiger partial charge in [-0.3, -0.25) is 9.59 Å². The number of para-hydroxylation sites is 1. The second kappa shape index (κ2) is 7.77. The Morgan fingerprint density at radius 2 is 1.06 bits per heavy atom. The Hall–Kier alpha value is -4.00. The molecule has 0 unspecified atom stereocenters. The second-order valence-electron chi connectivity index (χ2n) is 8.91. The summed E-state index contributed by atoms with van der Waals surface area (Å²) in [5, 5.41) is 0. The van der Waals surface area contributed by atoms with Crippen LogP contribution in [0.5, 0.6) is 0 Å². The van der Waals surface area contributed by atoms with E-state index in [0.29, 0.717) is 21.6 Å². The number of carbonyl (C=O) groups excluding carboxylic acids is 2. The van der Waals surface area contributed by atoms with Gasteiger partial charge in [0.2, 0.25) is 11.8 Å². The number of nitrogens with zero attached hydrogens (tertiary/aromatic N) is 1. The molecule has 1 aliphatic heterocycles. The van der Waals surface area contributed by atoms with E-state index in [9.17, 15) is 27.2 Å². The summed E-state index contributed by atoms with van der Waals surface area (Å²) in [7, 11) is 0. The lowest BCUT2D eigenvalue weighted by atomic mass is 9.85. The molecular weight excluding hydrogens is 458 g/mol. The molecule has 3 aromatic carbocycles. The molecule has 1 saturated carbocycles. The third-order valence-electron chi connectivity index (χ3n) is 7.13. The Bertz CT molecular complexity index is 1340. The van der Waals surface area contributed by atoms with E-state index in [0.717, 1.165) is 17.7 Å². The highest BCUT2D eigenvalue weighted by Gasteiger charge is 2.63. The molecular formula is C28H17F4NO2. The van der Waals surface area contributed by atoms with Crippen molar-refractivity contribution in [2.75, 3.05) is 4.90 Å². The van der Waals surface area contributed by atoms with Gasteiger partial charge in [0.1, 0.15) is 29.0 Å². The molecule has 0 spiro atoms. The molecule has 35 heavy (non-hydrogen) atoms. The number of fused-ring (bicyclic) bond motifs is 5. The molecule has 3 aliphatic rings. The summed E-state index contributed by atoms with van der Waals surface area (Å²) >= 11 is 0. The first kappa shape index (κ1) is 21.5. The Balaban J connectivity index is 1.50. The third-order valence-corrected chi connectivity index (χ3v) is 7.13. The Kier molecular flexibility index (Phi) is 4.78. The number of amides is 2. The maximum Gasteiger partial charge on any atom is 0.238 e. The van der Waals surface area contributed by atoms with Gasteiger partial charge in [0, 0.05) is 11.8 Å². The molecule has 2 amide bonds. The number of halogens is 4. The maximum absolute atomic E-state index is 14.5. The third kappa shape index (κ3) is 3.11. The zero-order valence-electron chi connectivity index (χ0n) is 18.1. The van der Waals surface area contributed by atoms with Gasteiger partial charge in [-0.1, -0.05) is 42.5 Å². The van der Waals surface area contributed by atoms with Crippen LogP contribution in [0.1, 0.15) is 11.1 Å². The molecule has 1 heterocycles. The molecule has 1 saturated heterocycles. The molecule has 2 aliphatic carbocycles. The Labute approximate surface area is 198 Å². The highest BCUT2D eigenvalue weighted by Crippen LogP contribution is 2.59. The average Bonchev–Trinajstić information content (AvgIpc) is 3.47. The summed E-state index contributed by atoms with van der Waals surface area (Å²) in [6.45, 7) is 0.